The van der Waals surface area contributed by atoms with E-state index in [1.54, 1.807) is 6.92 Å². The van der Waals surface area contributed by atoms with E-state index in [1.807, 2.05) is 0 Å². The molecule has 1 aromatic rings. The molecule has 0 unspecified atom stereocenters. The quantitative estimate of drug-likeness (QED) is 0.544. The van der Waals surface area contributed by atoms with Crippen LogP contribution in [0, 0.1) is 5.95 Å². The number of H-pyrrole nitrogens is 1. The van der Waals surface area contributed by atoms with E-state index >= 15 is 0 Å². The summed E-state index contributed by atoms with van der Waals surface area (Å²) in [7, 11) is 0. The second-order valence-electron chi connectivity index (χ2n) is 2.28. The molecule has 0 amide bonds. The fourth-order valence-corrected chi connectivity index (χ4v) is 0.815. The number of carbonyl (C=O) groups excluding carboxylic acids is 1. The van der Waals surface area contributed by atoms with Crippen LogP contribution >= 0.6 is 0 Å². The van der Waals surface area contributed by atoms with Gasteiger partial charge in [-0.15, -0.1) is 0 Å². The molecule has 1 aromatic heterocycles. The molecule has 13 heavy (non-hydrogen) atoms. The van der Waals surface area contributed by atoms with E-state index in [0.29, 0.717) is 6.07 Å². The molecule has 0 bridgehead atoms. The van der Waals surface area contributed by atoms with Crippen molar-refractivity contribution in [3.63, 3.8) is 0 Å². The zero-order valence-electron chi connectivity index (χ0n) is 6.96. The number of nitrogens with one attached hydrogen (secondary N) is 1. The smallest absolute Gasteiger partial charge is 0.343 e. The van der Waals surface area contributed by atoms with Crippen LogP contribution in [0.1, 0.15) is 17.3 Å². The van der Waals surface area contributed by atoms with Gasteiger partial charge in [0.1, 0.15) is 5.56 Å². The fraction of sp³-hybridized carbons (Fsp3) is 0.250. The van der Waals surface area contributed by atoms with Crippen LogP contribution in [0.5, 0.6) is 0 Å². The number of rotatable bonds is 2. The van der Waals surface area contributed by atoms with Gasteiger partial charge in [-0.2, -0.15) is 4.39 Å². The number of ether oxygens (including phenoxy) is 1. The summed E-state index contributed by atoms with van der Waals surface area (Å²) in [5.74, 6) is -1.53. The first-order chi connectivity index (χ1) is 6.15. The lowest BCUT2D eigenvalue weighted by Gasteiger charge is -1.99. The van der Waals surface area contributed by atoms with Crippen molar-refractivity contribution < 1.29 is 13.9 Å². The highest BCUT2D eigenvalue weighted by Gasteiger charge is 2.10. The molecule has 4 nitrogen and oxygen atoms in total. The minimum atomic E-state index is -0.780. The molecule has 0 aliphatic heterocycles. The number of hydrogen-bond acceptors (Lipinski definition) is 3. The van der Waals surface area contributed by atoms with E-state index < -0.39 is 17.3 Å². The Balaban J connectivity index is 3.02. The van der Waals surface area contributed by atoms with Crippen molar-refractivity contribution in [3.05, 3.63) is 34.0 Å². The highest BCUT2D eigenvalue weighted by atomic mass is 19.1. The summed E-state index contributed by atoms with van der Waals surface area (Å²) in [6.45, 7) is 1.80. The van der Waals surface area contributed by atoms with Crippen molar-refractivity contribution in [2.45, 2.75) is 6.92 Å². The Morgan fingerprint density at radius 2 is 2.38 bits per heavy atom. The molecule has 1 N–H and O–H groups in total. The largest absolute Gasteiger partial charge is 0.462 e. The number of pyridine rings is 1. The monoisotopic (exact) mass is 185 g/mol. The van der Waals surface area contributed by atoms with Crippen LogP contribution in [0.25, 0.3) is 0 Å². The Kier molecular flexibility index (Phi) is 2.79. The number of hydrogen-bond donors (Lipinski definition) is 1. The van der Waals surface area contributed by atoms with Crippen LogP contribution in [-0.2, 0) is 4.74 Å². The zero-order chi connectivity index (χ0) is 9.84. The Labute approximate surface area is 73.3 Å². The number of aromatic amines is 1. The van der Waals surface area contributed by atoms with Gasteiger partial charge in [0, 0.05) is 12.3 Å². The van der Waals surface area contributed by atoms with Gasteiger partial charge in [-0.1, -0.05) is 0 Å². The number of aromatic nitrogens is 1. The summed E-state index contributed by atoms with van der Waals surface area (Å²) in [6, 6.07) is 0.701. The van der Waals surface area contributed by atoms with Crippen molar-refractivity contribution in [2.24, 2.45) is 0 Å². The number of esters is 1. The average Bonchev–Trinajstić information content (AvgIpc) is 2.04. The molecule has 0 spiro atoms. The first-order valence-corrected chi connectivity index (χ1v) is 3.70. The predicted octanol–water partition coefficient (Wildman–Crippen LogP) is 0.691. The van der Waals surface area contributed by atoms with Gasteiger partial charge in [-0.3, -0.25) is 4.79 Å². The molecule has 0 aliphatic rings. The minimum Gasteiger partial charge on any atom is -0.462 e. The van der Waals surface area contributed by atoms with Crippen LogP contribution < -0.4 is 5.43 Å². The number of halogens is 1. The van der Waals surface area contributed by atoms with E-state index in [4.69, 9.17) is 0 Å². The normalized spacial score (nSPS) is 9.69. The Hall–Kier alpha value is -1.65. The zero-order valence-corrected chi connectivity index (χ0v) is 6.96. The first-order valence-electron chi connectivity index (χ1n) is 3.70. The Morgan fingerprint density at radius 3 is 2.92 bits per heavy atom. The van der Waals surface area contributed by atoms with E-state index in [9.17, 15) is 14.0 Å². The van der Waals surface area contributed by atoms with Gasteiger partial charge in [-0.05, 0) is 6.92 Å². The molecule has 70 valence electrons. The predicted molar refractivity (Wildman–Crippen MR) is 43.0 cm³/mol. The molecule has 0 radical (unpaired) electrons. The summed E-state index contributed by atoms with van der Waals surface area (Å²) in [5, 5.41) is 0. The lowest BCUT2D eigenvalue weighted by atomic mass is 10.3. The molecule has 0 saturated heterocycles. The third-order valence-corrected chi connectivity index (χ3v) is 1.37. The summed E-state index contributed by atoms with van der Waals surface area (Å²) < 4.78 is 17.0. The maximum atomic E-state index is 12.4. The molecular weight excluding hydrogens is 177 g/mol. The SMILES string of the molecule is CCOC(=O)c1c[nH]c(F)cc1=O. The van der Waals surface area contributed by atoms with Crippen molar-refractivity contribution >= 4 is 5.97 Å². The lowest BCUT2D eigenvalue weighted by molar-refractivity contribution is 0.0524. The van der Waals surface area contributed by atoms with Gasteiger partial charge >= 0.3 is 5.97 Å². The second kappa shape index (κ2) is 3.84. The summed E-state index contributed by atoms with van der Waals surface area (Å²) in [4.78, 5) is 24.1. The van der Waals surface area contributed by atoms with Gasteiger partial charge in [-0.25, -0.2) is 4.79 Å². The first kappa shape index (κ1) is 9.44. The molecule has 0 atom stereocenters. The maximum absolute atomic E-state index is 12.4. The van der Waals surface area contributed by atoms with Crippen LogP contribution in [0.3, 0.4) is 0 Å². The van der Waals surface area contributed by atoms with Gasteiger partial charge < -0.3 is 9.72 Å². The topological polar surface area (TPSA) is 59.2 Å². The van der Waals surface area contributed by atoms with E-state index in [-0.39, 0.29) is 12.2 Å². The summed E-state index contributed by atoms with van der Waals surface area (Å²) in [5.41, 5.74) is -0.877. The van der Waals surface area contributed by atoms with Crippen LogP contribution in [0.15, 0.2) is 17.1 Å². The lowest BCUT2D eigenvalue weighted by Crippen LogP contribution is -2.17. The van der Waals surface area contributed by atoms with Gasteiger partial charge in [0.05, 0.1) is 6.61 Å². The molecule has 0 aromatic carbocycles. The Morgan fingerprint density at radius 1 is 1.69 bits per heavy atom. The summed E-state index contributed by atoms with van der Waals surface area (Å²) in [6.07, 6.45) is 0.996. The van der Waals surface area contributed by atoms with Crippen molar-refractivity contribution in [1.82, 2.24) is 4.98 Å². The molecule has 0 fully saturated rings. The third kappa shape index (κ3) is 2.14. The van der Waals surface area contributed by atoms with Crippen molar-refractivity contribution in [3.8, 4) is 0 Å². The maximum Gasteiger partial charge on any atom is 0.343 e. The third-order valence-electron chi connectivity index (χ3n) is 1.37. The standard InChI is InChI=1S/C8H8FNO3/c1-2-13-8(12)5-4-10-7(9)3-6(5)11/h3-4H,2H2,1H3,(H,10,11). The average molecular weight is 185 g/mol. The van der Waals surface area contributed by atoms with E-state index in [1.165, 1.54) is 0 Å². The molecule has 1 heterocycles. The van der Waals surface area contributed by atoms with Crippen LogP contribution in [0.4, 0.5) is 4.39 Å². The molecule has 1 rings (SSSR count). The second-order valence-corrected chi connectivity index (χ2v) is 2.28. The van der Waals surface area contributed by atoms with Crippen molar-refractivity contribution in [1.29, 1.82) is 0 Å². The van der Waals surface area contributed by atoms with E-state index in [0.717, 1.165) is 6.20 Å². The van der Waals surface area contributed by atoms with E-state index in [2.05, 4.69) is 9.72 Å². The highest BCUT2D eigenvalue weighted by Crippen LogP contribution is 1.94. The molecular formula is C8H8FNO3. The Bertz CT molecular complexity index is 372. The van der Waals surface area contributed by atoms with Crippen LogP contribution in [0.2, 0.25) is 0 Å². The van der Waals surface area contributed by atoms with Crippen molar-refractivity contribution in [2.75, 3.05) is 6.61 Å². The van der Waals surface area contributed by atoms with Crippen LogP contribution in [-0.4, -0.2) is 17.6 Å². The minimum absolute atomic E-state index is 0.176. The van der Waals surface area contributed by atoms with Gasteiger partial charge in [0.25, 0.3) is 0 Å². The molecule has 5 heteroatoms. The molecule has 0 aliphatic carbocycles. The number of carbonyl (C=O) groups is 1. The fourth-order valence-electron chi connectivity index (χ4n) is 0.815. The van der Waals surface area contributed by atoms with Gasteiger partial charge in [0.2, 0.25) is 0 Å². The molecule has 0 saturated carbocycles. The highest BCUT2D eigenvalue weighted by molar-refractivity contribution is 5.88. The summed E-state index contributed by atoms with van der Waals surface area (Å²) >= 11 is 0. The van der Waals surface area contributed by atoms with Gasteiger partial charge in [0.15, 0.2) is 11.4 Å².